The van der Waals surface area contributed by atoms with E-state index in [1.54, 1.807) is 11.3 Å². The largest absolute Gasteiger partial charge is 0.353 e. The fraction of sp³-hybridized carbons (Fsp3) is 0.286. The molecular weight excluding hydrogens is 342 g/mol. The van der Waals surface area contributed by atoms with Crippen LogP contribution in [-0.2, 0) is 13.0 Å². The SMILES string of the molecule is CCN1CCc2c(sc3c2C(=O)N[C@@H](c2cccc4ccccc24)N3)C1. The van der Waals surface area contributed by atoms with E-state index < -0.39 is 0 Å². The molecule has 0 unspecified atom stereocenters. The molecule has 0 radical (unpaired) electrons. The van der Waals surface area contributed by atoms with Crippen LogP contribution in [0.3, 0.4) is 0 Å². The number of benzene rings is 2. The lowest BCUT2D eigenvalue weighted by Crippen LogP contribution is -2.39. The van der Waals surface area contributed by atoms with E-state index in [9.17, 15) is 4.79 Å². The molecule has 26 heavy (non-hydrogen) atoms. The van der Waals surface area contributed by atoms with E-state index in [2.05, 4.69) is 52.8 Å². The van der Waals surface area contributed by atoms with Crippen molar-refractivity contribution in [3.8, 4) is 0 Å². The van der Waals surface area contributed by atoms with Gasteiger partial charge in [0.05, 0.1) is 5.56 Å². The van der Waals surface area contributed by atoms with Crippen molar-refractivity contribution in [2.24, 2.45) is 0 Å². The topological polar surface area (TPSA) is 44.4 Å². The molecule has 1 aromatic heterocycles. The van der Waals surface area contributed by atoms with Gasteiger partial charge in [-0.2, -0.15) is 0 Å². The third-order valence-corrected chi connectivity index (χ3v) is 6.64. The summed E-state index contributed by atoms with van der Waals surface area (Å²) in [5.41, 5.74) is 3.23. The van der Waals surface area contributed by atoms with Crippen LogP contribution in [0.5, 0.6) is 0 Å². The summed E-state index contributed by atoms with van der Waals surface area (Å²) >= 11 is 1.75. The van der Waals surface area contributed by atoms with Crippen molar-refractivity contribution in [2.75, 3.05) is 18.4 Å². The van der Waals surface area contributed by atoms with Crippen molar-refractivity contribution in [1.29, 1.82) is 0 Å². The van der Waals surface area contributed by atoms with Crippen LogP contribution in [0.4, 0.5) is 5.00 Å². The molecule has 5 rings (SSSR count). The summed E-state index contributed by atoms with van der Waals surface area (Å²) in [4.78, 5) is 16.7. The molecular formula is C21H21N3OS. The standard InChI is InChI=1S/C21H21N3OS/c1-2-24-11-10-16-17(12-24)26-21-18(16)20(25)22-19(23-21)15-9-5-7-13-6-3-4-8-14(13)15/h3-9,19,23H,2,10-12H2,1H3,(H,22,25)/t19-/m1/s1. The van der Waals surface area contributed by atoms with Gasteiger partial charge in [0, 0.05) is 23.5 Å². The van der Waals surface area contributed by atoms with Gasteiger partial charge in [-0.25, -0.2) is 0 Å². The lowest BCUT2D eigenvalue weighted by atomic mass is 9.98. The van der Waals surface area contributed by atoms with Gasteiger partial charge < -0.3 is 10.6 Å². The number of carbonyl (C=O) groups is 1. The van der Waals surface area contributed by atoms with Crippen molar-refractivity contribution < 1.29 is 4.79 Å². The predicted octanol–water partition coefficient (Wildman–Crippen LogP) is 4.13. The number of rotatable bonds is 2. The maximum absolute atomic E-state index is 12.9. The number of carbonyl (C=O) groups excluding carboxylic acids is 1. The molecule has 4 nitrogen and oxygen atoms in total. The van der Waals surface area contributed by atoms with Crippen LogP contribution < -0.4 is 10.6 Å². The first kappa shape index (κ1) is 15.9. The zero-order valence-electron chi connectivity index (χ0n) is 14.7. The van der Waals surface area contributed by atoms with E-state index in [1.807, 2.05) is 12.1 Å². The summed E-state index contributed by atoms with van der Waals surface area (Å²) in [7, 11) is 0. The molecule has 1 amide bonds. The molecule has 3 aromatic rings. The third-order valence-electron chi connectivity index (χ3n) is 5.50. The quantitative estimate of drug-likeness (QED) is 0.719. The average Bonchev–Trinajstić information content (AvgIpc) is 3.05. The van der Waals surface area contributed by atoms with E-state index in [0.29, 0.717) is 0 Å². The number of amides is 1. The van der Waals surface area contributed by atoms with Crippen molar-refractivity contribution in [2.45, 2.75) is 26.1 Å². The Morgan fingerprint density at radius 2 is 2.00 bits per heavy atom. The van der Waals surface area contributed by atoms with E-state index in [-0.39, 0.29) is 12.1 Å². The van der Waals surface area contributed by atoms with Crippen LogP contribution in [0.15, 0.2) is 42.5 Å². The van der Waals surface area contributed by atoms with Crippen LogP contribution in [0, 0.1) is 0 Å². The van der Waals surface area contributed by atoms with Crippen molar-refractivity contribution in [1.82, 2.24) is 10.2 Å². The Bertz CT molecular complexity index is 1000. The fourth-order valence-corrected chi connectivity index (χ4v) is 5.41. The number of anilines is 1. The molecule has 0 bridgehead atoms. The summed E-state index contributed by atoms with van der Waals surface area (Å²) in [6, 6.07) is 14.6. The van der Waals surface area contributed by atoms with Crippen LogP contribution in [-0.4, -0.2) is 23.9 Å². The molecule has 132 valence electrons. The second-order valence-corrected chi connectivity index (χ2v) is 8.05. The lowest BCUT2D eigenvalue weighted by molar-refractivity contribution is 0.0935. The molecule has 0 spiro atoms. The molecule has 0 saturated heterocycles. The minimum atomic E-state index is -0.191. The number of hydrogen-bond donors (Lipinski definition) is 2. The average molecular weight is 363 g/mol. The van der Waals surface area contributed by atoms with Crippen molar-refractivity contribution in [3.63, 3.8) is 0 Å². The smallest absolute Gasteiger partial charge is 0.256 e. The fourth-order valence-electron chi connectivity index (χ4n) is 4.10. The van der Waals surface area contributed by atoms with E-state index in [0.717, 1.165) is 42.2 Å². The molecule has 3 heterocycles. The zero-order valence-corrected chi connectivity index (χ0v) is 15.5. The summed E-state index contributed by atoms with van der Waals surface area (Å²) in [5.74, 6) is 0.0548. The van der Waals surface area contributed by atoms with Crippen LogP contribution in [0.1, 0.15) is 39.5 Å². The van der Waals surface area contributed by atoms with Gasteiger partial charge in [-0.3, -0.25) is 9.69 Å². The molecule has 2 aromatic carbocycles. The second-order valence-electron chi connectivity index (χ2n) is 6.95. The number of nitrogens with zero attached hydrogens (tertiary/aromatic N) is 1. The highest BCUT2D eigenvalue weighted by molar-refractivity contribution is 7.16. The number of fused-ring (bicyclic) bond motifs is 4. The Morgan fingerprint density at radius 1 is 1.15 bits per heavy atom. The lowest BCUT2D eigenvalue weighted by Gasteiger charge is -2.28. The van der Waals surface area contributed by atoms with Gasteiger partial charge in [0.25, 0.3) is 5.91 Å². The van der Waals surface area contributed by atoms with Crippen molar-refractivity contribution in [3.05, 3.63) is 64.0 Å². The normalized spacial score (nSPS) is 19.6. The monoisotopic (exact) mass is 363 g/mol. The number of hydrogen-bond acceptors (Lipinski definition) is 4. The Hall–Kier alpha value is -2.37. The second kappa shape index (κ2) is 6.11. The predicted molar refractivity (Wildman–Crippen MR) is 107 cm³/mol. The Labute approximate surface area is 156 Å². The minimum absolute atomic E-state index is 0.0548. The van der Waals surface area contributed by atoms with Gasteiger partial charge in [-0.05, 0) is 29.3 Å². The molecule has 1 atom stereocenters. The molecule has 0 fully saturated rings. The van der Waals surface area contributed by atoms with Gasteiger partial charge in [0.15, 0.2) is 0 Å². The molecule has 2 N–H and O–H groups in total. The molecule has 5 heteroatoms. The van der Waals surface area contributed by atoms with Crippen LogP contribution in [0.25, 0.3) is 10.8 Å². The van der Waals surface area contributed by atoms with Gasteiger partial charge in [0.1, 0.15) is 11.2 Å². The summed E-state index contributed by atoms with van der Waals surface area (Å²) < 4.78 is 0. The van der Waals surface area contributed by atoms with E-state index in [4.69, 9.17) is 0 Å². The first-order chi connectivity index (χ1) is 12.7. The maximum Gasteiger partial charge on any atom is 0.256 e. The van der Waals surface area contributed by atoms with Gasteiger partial charge in [0.2, 0.25) is 0 Å². The number of thiophene rings is 1. The van der Waals surface area contributed by atoms with Gasteiger partial charge in [-0.15, -0.1) is 11.3 Å². The highest BCUT2D eigenvalue weighted by atomic mass is 32.1. The summed E-state index contributed by atoms with van der Waals surface area (Å²) in [5, 5.41) is 10.2. The first-order valence-corrected chi connectivity index (χ1v) is 9.98. The van der Waals surface area contributed by atoms with E-state index >= 15 is 0 Å². The molecule has 0 aliphatic carbocycles. The van der Waals surface area contributed by atoms with Crippen LogP contribution in [0.2, 0.25) is 0 Å². The minimum Gasteiger partial charge on any atom is -0.353 e. The highest BCUT2D eigenvalue weighted by Crippen LogP contribution is 2.41. The van der Waals surface area contributed by atoms with Crippen LogP contribution >= 0.6 is 11.3 Å². The highest BCUT2D eigenvalue weighted by Gasteiger charge is 2.33. The Balaban J connectivity index is 1.55. The zero-order chi connectivity index (χ0) is 17.7. The van der Waals surface area contributed by atoms with E-state index in [1.165, 1.54) is 21.2 Å². The first-order valence-electron chi connectivity index (χ1n) is 9.16. The number of nitrogens with one attached hydrogen (secondary N) is 2. The van der Waals surface area contributed by atoms with Gasteiger partial charge >= 0.3 is 0 Å². The molecule has 2 aliphatic rings. The maximum atomic E-state index is 12.9. The Morgan fingerprint density at radius 3 is 2.88 bits per heavy atom. The molecule has 0 saturated carbocycles. The Kier molecular flexibility index (Phi) is 3.72. The number of likely N-dealkylation sites (N-methyl/N-ethyl adjacent to an activating group) is 1. The summed E-state index contributed by atoms with van der Waals surface area (Å²) in [6.45, 7) is 5.24. The van der Waals surface area contributed by atoms with Gasteiger partial charge in [-0.1, -0.05) is 49.4 Å². The third kappa shape index (κ3) is 2.42. The van der Waals surface area contributed by atoms with Crippen molar-refractivity contribution >= 4 is 33.0 Å². The summed E-state index contributed by atoms with van der Waals surface area (Å²) in [6.07, 6.45) is 0.770. The molecule has 2 aliphatic heterocycles.